The van der Waals surface area contributed by atoms with Crippen LogP contribution in [0, 0.1) is 11.2 Å². The Morgan fingerprint density at radius 2 is 1.91 bits per heavy atom. The fourth-order valence-corrected chi connectivity index (χ4v) is 5.61. The SMILES string of the molecule is O=C(NC1CCC2(CC1)CCN(c1ccc(F)cc1Cl)C2=O)c1nc[nH]c1C(=O)N1CCOCC1. The quantitative estimate of drug-likeness (QED) is 0.667. The van der Waals surface area contributed by atoms with Gasteiger partial charge in [-0.05, 0) is 50.3 Å². The first-order chi connectivity index (χ1) is 16.9. The number of ether oxygens (including phenoxy) is 1. The standard InChI is InChI=1S/C24H27ClFN5O4/c25-17-13-15(26)1-2-18(17)31-8-7-24(23(31)34)5-3-16(4-6-24)29-21(32)19-20(28-14-27-19)22(33)30-9-11-35-12-10-30/h1-2,13-14,16H,3-12H2,(H,27,28)(H,29,32). The van der Waals surface area contributed by atoms with E-state index >= 15 is 0 Å². The highest BCUT2D eigenvalue weighted by Gasteiger charge is 2.49. The molecular weight excluding hydrogens is 477 g/mol. The molecule has 0 radical (unpaired) electrons. The summed E-state index contributed by atoms with van der Waals surface area (Å²) in [4.78, 5) is 49.3. The number of carbonyl (C=O) groups is 3. The molecule has 2 saturated heterocycles. The fourth-order valence-electron chi connectivity index (χ4n) is 5.34. The summed E-state index contributed by atoms with van der Waals surface area (Å²) >= 11 is 6.19. The normalized spacial score (nSPS) is 24.7. The third kappa shape index (κ3) is 4.52. The van der Waals surface area contributed by atoms with E-state index in [9.17, 15) is 18.8 Å². The van der Waals surface area contributed by atoms with Crippen molar-refractivity contribution in [3.05, 3.63) is 46.8 Å². The number of rotatable bonds is 4. The third-order valence-corrected chi connectivity index (χ3v) is 7.66. The minimum absolute atomic E-state index is 0.00137. The molecule has 3 amide bonds. The van der Waals surface area contributed by atoms with E-state index in [2.05, 4.69) is 15.3 Å². The molecular formula is C24H27ClFN5O4. The van der Waals surface area contributed by atoms with Crippen LogP contribution in [0.4, 0.5) is 10.1 Å². The summed E-state index contributed by atoms with van der Waals surface area (Å²) in [6, 6.07) is 3.95. The van der Waals surface area contributed by atoms with E-state index in [1.807, 2.05) is 0 Å². The molecule has 3 fully saturated rings. The summed E-state index contributed by atoms with van der Waals surface area (Å²) in [5.41, 5.74) is 0.287. The Balaban J connectivity index is 1.20. The number of anilines is 1. The monoisotopic (exact) mass is 503 g/mol. The maximum absolute atomic E-state index is 13.4. The third-order valence-electron chi connectivity index (χ3n) is 7.36. The molecule has 0 unspecified atom stereocenters. The van der Waals surface area contributed by atoms with Crippen molar-refractivity contribution in [2.24, 2.45) is 5.41 Å². The topological polar surface area (TPSA) is 108 Å². The summed E-state index contributed by atoms with van der Waals surface area (Å²) in [5, 5.41) is 3.21. The maximum atomic E-state index is 13.4. The Hall–Kier alpha value is -2.98. The van der Waals surface area contributed by atoms with Crippen molar-refractivity contribution < 1.29 is 23.5 Å². The van der Waals surface area contributed by atoms with Crippen LogP contribution in [0.15, 0.2) is 24.5 Å². The number of imidazole rings is 1. The Morgan fingerprint density at radius 3 is 2.63 bits per heavy atom. The highest BCUT2D eigenvalue weighted by atomic mass is 35.5. The zero-order valence-corrected chi connectivity index (χ0v) is 19.9. The molecule has 0 bridgehead atoms. The van der Waals surface area contributed by atoms with Gasteiger partial charge in [0.2, 0.25) is 5.91 Å². The predicted molar refractivity (Wildman–Crippen MR) is 126 cm³/mol. The zero-order chi connectivity index (χ0) is 24.6. The van der Waals surface area contributed by atoms with Crippen LogP contribution in [-0.2, 0) is 9.53 Å². The van der Waals surface area contributed by atoms with Crippen molar-refractivity contribution in [2.45, 2.75) is 38.1 Å². The smallest absolute Gasteiger partial charge is 0.272 e. The van der Waals surface area contributed by atoms with E-state index in [0.717, 1.165) is 0 Å². The zero-order valence-electron chi connectivity index (χ0n) is 19.2. The number of H-pyrrole nitrogens is 1. The minimum atomic E-state index is -0.497. The summed E-state index contributed by atoms with van der Waals surface area (Å²) in [7, 11) is 0. The van der Waals surface area contributed by atoms with Crippen molar-refractivity contribution in [2.75, 3.05) is 37.7 Å². The molecule has 3 heterocycles. The average molecular weight is 504 g/mol. The van der Waals surface area contributed by atoms with Crippen LogP contribution < -0.4 is 10.2 Å². The van der Waals surface area contributed by atoms with Gasteiger partial charge in [0.05, 0.1) is 35.7 Å². The molecule has 1 aromatic carbocycles. The number of morpholine rings is 1. The lowest BCUT2D eigenvalue weighted by Crippen LogP contribution is -2.45. The number of nitrogens with zero attached hydrogens (tertiary/aromatic N) is 3. The van der Waals surface area contributed by atoms with Crippen LogP contribution in [0.5, 0.6) is 0 Å². The van der Waals surface area contributed by atoms with E-state index in [-0.39, 0.29) is 34.3 Å². The molecule has 11 heteroatoms. The van der Waals surface area contributed by atoms with Gasteiger partial charge in [0, 0.05) is 25.7 Å². The van der Waals surface area contributed by atoms with Gasteiger partial charge in [-0.15, -0.1) is 0 Å². The van der Waals surface area contributed by atoms with Gasteiger partial charge < -0.3 is 24.8 Å². The predicted octanol–water partition coefficient (Wildman–Crippen LogP) is 2.77. The first-order valence-corrected chi connectivity index (χ1v) is 12.2. The van der Waals surface area contributed by atoms with Crippen LogP contribution in [0.2, 0.25) is 5.02 Å². The first-order valence-electron chi connectivity index (χ1n) is 11.9. The van der Waals surface area contributed by atoms with Gasteiger partial charge >= 0.3 is 0 Å². The van der Waals surface area contributed by atoms with E-state index < -0.39 is 17.1 Å². The van der Waals surface area contributed by atoms with Crippen molar-refractivity contribution in [1.82, 2.24) is 20.2 Å². The van der Waals surface area contributed by atoms with Crippen molar-refractivity contribution >= 4 is 35.0 Å². The summed E-state index contributed by atoms with van der Waals surface area (Å²) in [6.07, 6.45) is 4.58. The van der Waals surface area contributed by atoms with Gasteiger partial charge in [0.15, 0.2) is 5.69 Å². The number of hydrogen-bond acceptors (Lipinski definition) is 5. The van der Waals surface area contributed by atoms with Crippen LogP contribution in [0.25, 0.3) is 0 Å². The van der Waals surface area contributed by atoms with E-state index in [0.29, 0.717) is 70.6 Å². The Morgan fingerprint density at radius 1 is 1.17 bits per heavy atom. The Labute approximate surface area is 207 Å². The molecule has 5 rings (SSSR count). The lowest BCUT2D eigenvalue weighted by molar-refractivity contribution is -0.127. The highest BCUT2D eigenvalue weighted by Crippen LogP contribution is 2.47. The molecule has 1 aromatic heterocycles. The molecule has 9 nitrogen and oxygen atoms in total. The second-order valence-electron chi connectivity index (χ2n) is 9.36. The van der Waals surface area contributed by atoms with Gasteiger partial charge in [0.1, 0.15) is 11.5 Å². The number of halogens is 2. The molecule has 35 heavy (non-hydrogen) atoms. The second-order valence-corrected chi connectivity index (χ2v) is 9.77. The number of nitrogens with one attached hydrogen (secondary N) is 2. The van der Waals surface area contributed by atoms with E-state index in [4.69, 9.17) is 16.3 Å². The van der Waals surface area contributed by atoms with E-state index in [1.54, 1.807) is 15.9 Å². The molecule has 2 N–H and O–H groups in total. The van der Waals surface area contributed by atoms with E-state index in [1.165, 1.54) is 18.5 Å². The van der Waals surface area contributed by atoms with Crippen molar-refractivity contribution in [1.29, 1.82) is 0 Å². The lowest BCUT2D eigenvalue weighted by atomic mass is 9.71. The van der Waals surface area contributed by atoms with Gasteiger partial charge in [-0.2, -0.15) is 0 Å². The van der Waals surface area contributed by atoms with Crippen LogP contribution in [0.1, 0.15) is 53.1 Å². The largest absolute Gasteiger partial charge is 0.378 e. The Kier molecular flexibility index (Phi) is 6.50. The molecule has 3 aliphatic rings. The van der Waals surface area contributed by atoms with Crippen molar-refractivity contribution in [3.8, 4) is 0 Å². The molecule has 2 aliphatic heterocycles. The second kappa shape index (κ2) is 9.58. The number of amides is 3. The molecule has 1 saturated carbocycles. The molecule has 1 aliphatic carbocycles. The lowest BCUT2D eigenvalue weighted by Gasteiger charge is -2.36. The van der Waals surface area contributed by atoms with Crippen LogP contribution in [-0.4, -0.2) is 71.5 Å². The molecule has 186 valence electrons. The van der Waals surface area contributed by atoms with Gasteiger partial charge in [-0.1, -0.05) is 11.6 Å². The molecule has 1 spiro atoms. The highest BCUT2D eigenvalue weighted by molar-refractivity contribution is 6.34. The summed E-state index contributed by atoms with van der Waals surface area (Å²) in [6.45, 7) is 2.40. The van der Waals surface area contributed by atoms with Crippen LogP contribution >= 0.6 is 11.6 Å². The Bertz CT molecular complexity index is 1140. The number of carbonyl (C=O) groups excluding carboxylic acids is 3. The van der Waals surface area contributed by atoms with Crippen molar-refractivity contribution in [3.63, 3.8) is 0 Å². The van der Waals surface area contributed by atoms with Crippen LogP contribution in [0.3, 0.4) is 0 Å². The fraction of sp³-hybridized carbons (Fsp3) is 0.500. The number of hydrogen-bond donors (Lipinski definition) is 2. The van der Waals surface area contributed by atoms with Gasteiger partial charge in [-0.3, -0.25) is 14.4 Å². The average Bonchev–Trinajstić information content (AvgIpc) is 3.47. The number of aromatic amines is 1. The summed E-state index contributed by atoms with van der Waals surface area (Å²) < 4.78 is 18.7. The van der Waals surface area contributed by atoms with Gasteiger partial charge in [0.25, 0.3) is 11.8 Å². The first kappa shape index (κ1) is 23.7. The molecule has 0 atom stereocenters. The molecule has 2 aromatic rings. The summed E-state index contributed by atoms with van der Waals surface area (Å²) in [5.74, 6) is -1.11. The van der Waals surface area contributed by atoms with Gasteiger partial charge in [-0.25, -0.2) is 9.37 Å². The number of benzene rings is 1. The number of aromatic nitrogens is 2. The maximum Gasteiger partial charge on any atom is 0.272 e. The minimum Gasteiger partial charge on any atom is -0.378 e.